The number of hydrogen-bond acceptors (Lipinski definition) is 2. The van der Waals surface area contributed by atoms with Gasteiger partial charge in [0.1, 0.15) is 0 Å². The maximum Gasteiger partial charge on any atom is 0.268 e. The summed E-state index contributed by atoms with van der Waals surface area (Å²) >= 11 is 0. The summed E-state index contributed by atoms with van der Waals surface area (Å²) in [5.74, 6) is 0. The lowest BCUT2D eigenvalue weighted by Crippen LogP contribution is -2.17. The van der Waals surface area contributed by atoms with Gasteiger partial charge in [-0.05, 0) is 13.8 Å². The molecule has 0 spiro atoms. The average molecular weight is 153 g/mol. The highest BCUT2D eigenvalue weighted by atomic mass is 16.1. The van der Waals surface area contributed by atoms with Gasteiger partial charge < -0.3 is 10.4 Å². The van der Waals surface area contributed by atoms with Gasteiger partial charge in [-0.3, -0.25) is 9.89 Å². The fraction of sp³-hybridized carbons (Fsp3) is 0.571. The molecule has 1 aromatic heterocycles. The Morgan fingerprint density at radius 3 is 2.55 bits per heavy atom. The first-order valence-corrected chi connectivity index (χ1v) is 3.76. The number of nitrogens with one attached hydrogen (secondary N) is 3. The number of fused-ring (bicyclic) bond motifs is 1. The molecule has 11 heavy (non-hydrogen) atoms. The summed E-state index contributed by atoms with van der Waals surface area (Å²) in [5, 5.41) is 8.70. The van der Waals surface area contributed by atoms with Gasteiger partial charge in [0.2, 0.25) is 0 Å². The Hall–Kier alpha value is -1.03. The van der Waals surface area contributed by atoms with E-state index in [1.165, 1.54) is 0 Å². The molecule has 2 atom stereocenters. The van der Waals surface area contributed by atoms with E-state index in [9.17, 15) is 4.79 Å². The Balaban J connectivity index is 2.63. The lowest BCUT2D eigenvalue weighted by Gasteiger charge is -2.04. The summed E-state index contributed by atoms with van der Waals surface area (Å²) in [5.41, 5.74) is 1.87. The van der Waals surface area contributed by atoms with Gasteiger partial charge in [-0.2, -0.15) is 0 Å². The number of rotatable bonds is 0. The predicted octanol–water partition coefficient (Wildman–Crippen LogP) is 0.428. The van der Waals surface area contributed by atoms with Crippen molar-refractivity contribution < 1.29 is 0 Å². The Morgan fingerprint density at radius 2 is 1.91 bits per heavy atom. The molecule has 0 fully saturated rings. The van der Waals surface area contributed by atoms with E-state index in [0.29, 0.717) is 0 Å². The molecule has 0 aromatic carbocycles. The molecule has 0 radical (unpaired) electrons. The van der Waals surface area contributed by atoms with Crippen molar-refractivity contribution in [2.45, 2.75) is 25.9 Å². The summed E-state index contributed by atoms with van der Waals surface area (Å²) in [6, 6.07) is 0.439. The first-order chi connectivity index (χ1) is 5.20. The quantitative estimate of drug-likeness (QED) is 0.506. The maximum atomic E-state index is 11.1. The molecule has 4 heteroatoms. The predicted molar refractivity (Wildman–Crippen MR) is 41.4 cm³/mol. The highest BCUT2D eigenvalue weighted by Gasteiger charge is 2.28. The molecule has 1 aromatic rings. The molecule has 3 N–H and O–H groups in total. The molecule has 0 aliphatic carbocycles. The molecule has 4 nitrogen and oxygen atoms in total. The smallest absolute Gasteiger partial charge is 0.268 e. The third-order valence-corrected chi connectivity index (χ3v) is 2.21. The van der Waals surface area contributed by atoms with Crippen LogP contribution in [0.25, 0.3) is 0 Å². The summed E-state index contributed by atoms with van der Waals surface area (Å²) in [6.45, 7) is 4.03. The van der Waals surface area contributed by atoms with Crippen molar-refractivity contribution in [1.29, 1.82) is 0 Å². The molecular formula is C7H11N3O. The van der Waals surface area contributed by atoms with Crippen LogP contribution in [0.15, 0.2) is 4.79 Å². The van der Waals surface area contributed by atoms with Gasteiger partial charge in [0, 0.05) is 12.1 Å². The average Bonchev–Trinajstić information content (AvgIpc) is 2.41. The van der Waals surface area contributed by atoms with Gasteiger partial charge in [-0.1, -0.05) is 0 Å². The van der Waals surface area contributed by atoms with Crippen molar-refractivity contribution in [3.8, 4) is 0 Å². The summed E-state index contributed by atoms with van der Waals surface area (Å²) < 4.78 is 0. The van der Waals surface area contributed by atoms with Crippen LogP contribution in [0.4, 0.5) is 0 Å². The van der Waals surface area contributed by atoms with Crippen LogP contribution in [0, 0.1) is 0 Å². The van der Waals surface area contributed by atoms with Crippen LogP contribution in [-0.4, -0.2) is 10.2 Å². The minimum absolute atomic E-state index is 0.00403. The van der Waals surface area contributed by atoms with Crippen LogP contribution in [0.5, 0.6) is 0 Å². The second-order valence-corrected chi connectivity index (χ2v) is 3.02. The molecule has 0 bridgehead atoms. The van der Waals surface area contributed by atoms with Crippen LogP contribution in [0.2, 0.25) is 0 Å². The molecule has 60 valence electrons. The largest absolute Gasteiger partial charge is 0.302 e. The number of aromatic nitrogens is 2. The number of H-pyrrole nitrogens is 2. The molecule has 2 rings (SSSR count). The standard InChI is InChI=1S/C7H11N3O/c1-3-5-6(4(2)8-3)9-10-7(5)11/h3-4,8H,1-2H3,(H2,9,10,11). The van der Waals surface area contributed by atoms with E-state index < -0.39 is 0 Å². The lowest BCUT2D eigenvalue weighted by molar-refractivity contribution is 0.539. The van der Waals surface area contributed by atoms with Crippen LogP contribution in [0.1, 0.15) is 37.2 Å². The Bertz CT molecular complexity index is 325. The molecule has 0 saturated carbocycles. The van der Waals surface area contributed by atoms with Crippen molar-refractivity contribution in [3.63, 3.8) is 0 Å². The fourth-order valence-corrected chi connectivity index (χ4v) is 1.69. The highest BCUT2D eigenvalue weighted by Crippen LogP contribution is 2.27. The van der Waals surface area contributed by atoms with Crippen molar-refractivity contribution >= 4 is 0 Å². The molecule has 0 amide bonds. The Morgan fingerprint density at radius 1 is 1.18 bits per heavy atom. The van der Waals surface area contributed by atoms with Crippen molar-refractivity contribution in [2.24, 2.45) is 0 Å². The minimum atomic E-state index is 0.00403. The molecular weight excluding hydrogens is 142 g/mol. The van der Waals surface area contributed by atoms with Gasteiger partial charge in [-0.15, -0.1) is 0 Å². The van der Waals surface area contributed by atoms with E-state index in [2.05, 4.69) is 15.5 Å². The summed E-state index contributed by atoms with van der Waals surface area (Å²) in [7, 11) is 0. The zero-order valence-electron chi connectivity index (χ0n) is 6.56. The van der Waals surface area contributed by atoms with E-state index in [4.69, 9.17) is 0 Å². The van der Waals surface area contributed by atoms with E-state index in [0.717, 1.165) is 11.3 Å². The number of aromatic amines is 2. The maximum absolute atomic E-state index is 11.1. The van der Waals surface area contributed by atoms with Crippen LogP contribution >= 0.6 is 0 Å². The summed E-state index contributed by atoms with van der Waals surface area (Å²) in [4.78, 5) is 11.1. The van der Waals surface area contributed by atoms with E-state index in [1.807, 2.05) is 13.8 Å². The van der Waals surface area contributed by atoms with E-state index >= 15 is 0 Å². The molecule has 2 unspecified atom stereocenters. The monoisotopic (exact) mass is 153 g/mol. The number of hydrogen-bond donors (Lipinski definition) is 3. The van der Waals surface area contributed by atoms with Crippen molar-refractivity contribution in [2.75, 3.05) is 0 Å². The van der Waals surface area contributed by atoms with Gasteiger partial charge in [0.15, 0.2) is 0 Å². The Labute approximate surface area is 64.0 Å². The first kappa shape index (κ1) is 6.67. The van der Waals surface area contributed by atoms with Gasteiger partial charge in [0.05, 0.1) is 11.3 Å². The van der Waals surface area contributed by atoms with Gasteiger partial charge >= 0.3 is 0 Å². The third-order valence-electron chi connectivity index (χ3n) is 2.21. The Kier molecular flexibility index (Phi) is 1.20. The van der Waals surface area contributed by atoms with Crippen molar-refractivity contribution in [3.05, 3.63) is 21.6 Å². The molecule has 0 saturated heterocycles. The van der Waals surface area contributed by atoms with E-state index in [1.54, 1.807) is 0 Å². The van der Waals surface area contributed by atoms with E-state index in [-0.39, 0.29) is 17.6 Å². The molecule has 1 aliphatic heterocycles. The first-order valence-electron chi connectivity index (χ1n) is 3.76. The molecule has 1 aliphatic rings. The third kappa shape index (κ3) is 0.758. The highest BCUT2D eigenvalue weighted by molar-refractivity contribution is 5.28. The minimum Gasteiger partial charge on any atom is -0.302 e. The normalized spacial score (nSPS) is 28.9. The lowest BCUT2D eigenvalue weighted by atomic mass is 10.1. The zero-order chi connectivity index (χ0) is 8.01. The zero-order valence-corrected chi connectivity index (χ0v) is 6.56. The van der Waals surface area contributed by atoms with Crippen molar-refractivity contribution in [1.82, 2.24) is 15.5 Å². The van der Waals surface area contributed by atoms with Crippen LogP contribution in [0.3, 0.4) is 0 Å². The van der Waals surface area contributed by atoms with Gasteiger partial charge in [0.25, 0.3) is 5.56 Å². The SMILES string of the molecule is CC1NC(C)c2c1[nH][nH]c2=O. The van der Waals surface area contributed by atoms with Crippen LogP contribution in [-0.2, 0) is 0 Å². The fourth-order valence-electron chi connectivity index (χ4n) is 1.69. The summed E-state index contributed by atoms with van der Waals surface area (Å²) in [6.07, 6.45) is 0. The van der Waals surface area contributed by atoms with Gasteiger partial charge in [-0.25, -0.2) is 0 Å². The second-order valence-electron chi connectivity index (χ2n) is 3.02. The van der Waals surface area contributed by atoms with Crippen LogP contribution < -0.4 is 10.9 Å². The topological polar surface area (TPSA) is 60.7 Å². The second kappa shape index (κ2) is 1.98. The molecule has 2 heterocycles.